The molecule has 0 aliphatic heterocycles. The SMILES string of the molecule is O=S(=O)(O)c1ccc2nc(-c3ccc(-c4nc5c(S(=O)(=O)O)cc(S(=O)(=O)O)cc5o4)cc3)oc2c1. The highest BCUT2D eigenvalue weighted by molar-refractivity contribution is 7.87. The summed E-state index contributed by atoms with van der Waals surface area (Å²) in [5.74, 6) is 0.0114. The van der Waals surface area contributed by atoms with Crippen molar-refractivity contribution in [1.82, 2.24) is 9.97 Å². The maximum absolute atomic E-state index is 11.8. The second kappa shape index (κ2) is 7.92. The van der Waals surface area contributed by atoms with Gasteiger partial charge in [0.2, 0.25) is 11.8 Å². The quantitative estimate of drug-likeness (QED) is 0.268. The number of oxazole rings is 2. The number of benzene rings is 3. The molecule has 36 heavy (non-hydrogen) atoms. The van der Waals surface area contributed by atoms with Gasteiger partial charge in [0.05, 0.1) is 9.79 Å². The molecule has 186 valence electrons. The Kier molecular flexibility index (Phi) is 5.29. The minimum Gasteiger partial charge on any atom is -0.436 e. The molecule has 0 amide bonds. The van der Waals surface area contributed by atoms with E-state index in [0.717, 1.165) is 12.1 Å². The number of aromatic nitrogens is 2. The Morgan fingerprint density at radius 2 is 1.11 bits per heavy atom. The van der Waals surface area contributed by atoms with Crippen molar-refractivity contribution in [2.24, 2.45) is 0 Å². The first kappa shape index (κ1) is 24.0. The molecule has 13 nitrogen and oxygen atoms in total. The van der Waals surface area contributed by atoms with Gasteiger partial charge in [0.25, 0.3) is 30.4 Å². The number of nitrogens with zero attached hydrogens (tertiary/aromatic N) is 2. The summed E-state index contributed by atoms with van der Waals surface area (Å²) in [7, 11) is -14.2. The third kappa shape index (κ3) is 4.36. The summed E-state index contributed by atoms with van der Waals surface area (Å²) in [5, 5.41) is 0. The van der Waals surface area contributed by atoms with Crippen LogP contribution in [0.25, 0.3) is 45.1 Å². The van der Waals surface area contributed by atoms with Crippen LogP contribution in [0.4, 0.5) is 0 Å². The van der Waals surface area contributed by atoms with Gasteiger partial charge in [-0.2, -0.15) is 25.3 Å². The Bertz CT molecular complexity index is 2010. The van der Waals surface area contributed by atoms with Crippen LogP contribution < -0.4 is 0 Å². The molecule has 3 aromatic carbocycles. The molecule has 2 heterocycles. The van der Waals surface area contributed by atoms with Crippen LogP contribution in [-0.4, -0.2) is 48.9 Å². The summed E-state index contributed by atoms with van der Waals surface area (Å²) in [5.41, 5.74) is 0.590. The van der Waals surface area contributed by atoms with E-state index in [1.54, 1.807) is 12.1 Å². The third-order valence-corrected chi connectivity index (χ3v) is 7.59. The normalized spacial score (nSPS) is 13.0. The molecule has 16 heteroatoms. The molecule has 0 saturated carbocycles. The molecule has 3 N–H and O–H groups in total. The summed E-state index contributed by atoms with van der Waals surface area (Å²) in [6.45, 7) is 0. The van der Waals surface area contributed by atoms with Gasteiger partial charge in [-0.15, -0.1) is 0 Å². The molecule has 0 aliphatic rings. The predicted molar refractivity (Wildman–Crippen MR) is 122 cm³/mol. The van der Waals surface area contributed by atoms with Crippen molar-refractivity contribution in [2.75, 3.05) is 0 Å². The second-order valence-electron chi connectivity index (χ2n) is 7.44. The van der Waals surface area contributed by atoms with Gasteiger partial charge in [-0.3, -0.25) is 13.7 Å². The maximum Gasteiger partial charge on any atom is 0.296 e. The van der Waals surface area contributed by atoms with Gasteiger partial charge in [-0.25, -0.2) is 9.97 Å². The number of hydrogen-bond donors (Lipinski definition) is 3. The van der Waals surface area contributed by atoms with E-state index >= 15 is 0 Å². The molecular weight excluding hydrogens is 540 g/mol. The van der Waals surface area contributed by atoms with Crippen molar-refractivity contribution in [3.8, 4) is 22.9 Å². The Morgan fingerprint density at radius 1 is 0.583 bits per heavy atom. The summed E-state index contributed by atoms with van der Waals surface area (Å²) in [6.07, 6.45) is 0. The highest BCUT2D eigenvalue weighted by atomic mass is 32.2. The van der Waals surface area contributed by atoms with Crippen LogP contribution in [0.2, 0.25) is 0 Å². The van der Waals surface area contributed by atoms with Crippen LogP contribution in [0.5, 0.6) is 0 Å². The fourth-order valence-electron chi connectivity index (χ4n) is 3.39. The molecule has 0 aliphatic carbocycles. The second-order valence-corrected chi connectivity index (χ2v) is 11.7. The number of rotatable bonds is 5. The van der Waals surface area contributed by atoms with Crippen LogP contribution in [0.1, 0.15) is 0 Å². The van der Waals surface area contributed by atoms with Gasteiger partial charge < -0.3 is 8.83 Å². The van der Waals surface area contributed by atoms with Gasteiger partial charge >= 0.3 is 0 Å². The molecule has 0 saturated heterocycles. The van der Waals surface area contributed by atoms with E-state index in [0.29, 0.717) is 22.7 Å². The fourth-order valence-corrected chi connectivity index (χ4v) is 5.15. The van der Waals surface area contributed by atoms with E-state index in [4.69, 9.17) is 8.83 Å². The monoisotopic (exact) mass is 552 g/mol. The molecule has 0 radical (unpaired) electrons. The molecule has 0 spiro atoms. The van der Waals surface area contributed by atoms with E-state index in [2.05, 4.69) is 9.97 Å². The maximum atomic E-state index is 11.8. The first-order chi connectivity index (χ1) is 16.7. The van der Waals surface area contributed by atoms with Crippen molar-refractivity contribution in [3.63, 3.8) is 0 Å². The highest BCUT2D eigenvalue weighted by Crippen LogP contribution is 2.33. The Hall–Kier alpha value is -3.67. The summed E-state index contributed by atoms with van der Waals surface area (Å²) >= 11 is 0. The van der Waals surface area contributed by atoms with Gasteiger partial charge in [0, 0.05) is 23.3 Å². The molecule has 5 aromatic rings. The van der Waals surface area contributed by atoms with Crippen LogP contribution in [0.3, 0.4) is 0 Å². The van der Waals surface area contributed by atoms with Gasteiger partial charge in [-0.05, 0) is 42.5 Å². The largest absolute Gasteiger partial charge is 0.436 e. The fraction of sp³-hybridized carbons (Fsp3) is 0. The lowest BCUT2D eigenvalue weighted by Crippen LogP contribution is -2.04. The van der Waals surface area contributed by atoms with Crippen molar-refractivity contribution in [3.05, 3.63) is 54.6 Å². The molecule has 0 fully saturated rings. The minimum absolute atomic E-state index is 0.121. The Balaban J connectivity index is 1.56. The van der Waals surface area contributed by atoms with Crippen LogP contribution in [-0.2, 0) is 30.4 Å². The van der Waals surface area contributed by atoms with Crippen molar-refractivity contribution < 1.29 is 47.7 Å². The first-order valence-corrected chi connectivity index (χ1v) is 13.9. The standard InChI is InChI=1S/C20H12N2O11S3/c23-34(24,25)12-5-6-14-15(7-12)32-19(21-14)10-1-3-11(4-2-10)20-22-18-16(33-20)8-13(35(26,27)28)9-17(18)36(29,30)31/h1-9H,(H,23,24,25)(H,26,27,28)(H,29,30,31). The molecule has 2 aromatic heterocycles. The zero-order chi connectivity index (χ0) is 26.0. The summed E-state index contributed by atoms with van der Waals surface area (Å²) < 4.78 is 108. The molecule has 5 rings (SSSR count). The Morgan fingerprint density at radius 3 is 1.67 bits per heavy atom. The summed E-state index contributed by atoms with van der Waals surface area (Å²) in [4.78, 5) is 6.26. The number of hydrogen-bond acceptors (Lipinski definition) is 10. The van der Waals surface area contributed by atoms with E-state index in [1.807, 2.05) is 0 Å². The van der Waals surface area contributed by atoms with E-state index in [9.17, 15) is 38.9 Å². The minimum atomic E-state index is -4.92. The van der Waals surface area contributed by atoms with E-state index in [-0.39, 0.29) is 33.4 Å². The lowest BCUT2D eigenvalue weighted by atomic mass is 10.1. The molecule has 0 atom stereocenters. The van der Waals surface area contributed by atoms with Crippen LogP contribution in [0.15, 0.2) is 78.1 Å². The third-order valence-electron chi connectivity index (χ3n) is 5.05. The molecule has 0 unspecified atom stereocenters. The first-order valence-electron chi connectivity index (χ1n) is 9.59. The summed E-state index contributed by atoms with van der Waals surface area (Å²) in [6, 6.07) is 11.2. The average molecular weight is 553 g/mol. The van der Waals surface area contributed by atoms with Gasteiger partial charge in [-0.1, -0.05) is 0 Å². The number of fused-ring (bicyclic) bond motifs is 2. The topological polar surface area (TPSA) is 215 Å². The van der Waals surface area contributed by atoms with Gasteiger partial charge in [0.1, 0.15) is 15.9 Å². The van der Waals surface area contributed by atoms with Crippen LogP contribution >= 0.6 is 0 Å². The zero-order valence-corrected chi connectivity index (χ0v) is 19.9. The lowest BCUT2D eigenvalue weighted by Gasteiger charge is -2.01. The zero-order valence-electron chi connectivity index (χ0n) is 17.4. The Labute approximate surface area is 202 Å². The molecular formula is C20H12N2O11S3. The molecule has 0 bridgehead atoms. The highest BCUT2D eigenvalue weighted by Gasteiger charge is 2.24. The van der Waals surface area contributed by atoms with Gasteiger partial charge in [0.15, 0.2) is 11.2 Å². The smallest absolute Gasteiger partial charge is 0.296 e. The van der Waals surface area contributed by atoms with Crippen molar-refractivity contribution >= 4 is 52.6 Å². The lowest BCUT2D eigenvalue weighted by molar-refractivity contribution is 0.479. The van der Waals surface area contributed by atoms with Crippen LogP contribution in [0, 0.1) is 0 Å². The van der Waals surface area contributed by atoms with E-state index < -0.39 is 40.1 Å². The average Bonchev–Trinajstić information content (AvgIpc) is 3.40. The predicted octanol–water partition coefficient (Wildman–Crippen LogP) is 3.04. The van der Waals surface area contributed by atoms with Crippen molar-refractivity contribution in [1.29, 1.82) is 0 Å². The van der Waals surface area contributed by atoms with Crippen molar-refractivity contribution in [2.45, 2.75) is 14.7 Å². The van der Waals surface area contributed by atoms with E-state index in [1.165, 1.54) is 24.3 Å².